The highest BCUT2D eigenvalue weighted by molar-refractivity contribution is 5.44. The number of ether oxygens (including phenoxy) is 1. The molecule has 0 amide bonds. The Balaban J connectivity index is 2.26. The van der Waals surface area contributed by atoms with Crippen molar-refractivity contribution in [2.24, 2.45) is 0 Å². The van der Waals surface area contributed by atoms with Gasteiger partial charge in [0.25, 0.3) is 0 Å². The van der Waals surface area contributed by atoms with E-state index in [2.05, 4.69) is 21.4 Å². The normalized spacial score (nSPS) is 9.74. The Labute approximate surface area is 111 Å². The molecule has 0 unspecified atom stereocenters. The van der Waals surface area contributed by atoms with Crippen molar-refractivity contribution in [2.45, 2.75) is 13.8 Å². The smallest absolute Gasteiger partial charge is 0.224 e. The Morgan fingerprint density at radius 1 is 1.32 bits per heavy atom. The average Bonchev–Trinajstić information content (AvgIpc) is 2.42. The van der Waals surface area contributed by atoms with Gasteiger partial charge in [-0.15, -0.1) is 0 Å². The molecule has 96 valence electrons. The molecule has 0 aliphatic heterocycles. The van der Waals surface area contributed by atoms with E-state index in [1.165, 1.54) is 6.33 Å². The number of nitrogens with zero attached hydrogens (tertiary/aromatic N) is 3. The van der Waals surface area contributed by atoms with Gasteiger partial charge in [0, 0.05) is 12.6 Å². The van der Waals surface area contributed by atoms with Crippen LogP contribution in [-0.2, 0) is 0 Å². The summed E-state index contributed by atoms with van der Waals surface area (Å²) in [7, 11) is 0. The van der Waals surface area contributed by atoms with E-state index in [-0.39, 0.29) is 0 Å². The molecular formula is C14H14N4O. The third-order valence-electron chi connectivity index (χ3n) is 2.53. The predicted octanol–water partition coefficient (Wildman–Crippen LogP) is 2.88. The van der Waals surface area contributed by atoms with E-state index >= 15 is 0 Å². The van der Waals surface area contributed by atoms with Gasteiger partial charge in [-0.2, -0.15) is 5.26 Å². The highest BCUT2D eigenvalue weighted by Crippen LogP contribution is 2.25. The number of nitrogens with one attached hydrogen (secondary N) is 1. The second-order valence-corrected chi connectivity index (χ2v) is 3.97. The van der Waals surface area contributed by atoms with Crippen molar-refractivity contribution in [3.05, 3.63) is 41.7 Å². The van der Waals surface area contributed by atoms with Crippen LogP contribution in [0.4, 0.5) is 5.82 Å². The second kappa shape index (κ2) is 5.83. The van der Waals surface area contributed by atoms with Crippen molar-refractivity contribution < 1.29 is 4.74 Å². The zero-order valence-electron chi connectivity index (χ0n) is 10.8. The zero-order chi connectivity index (χ0) is 13.7. The Bertz CT molecular complexity index is 619. The fourth-order valence-electron chi connectivity index (χ4n) is 1.57. The van der Waals surface area contributed by atoms with Crippen molar-refractivity contribution >= 4 is 5.82 Å². The first-order valence-electron chi connectivity index (χ1n) is 5.97. The quantitative estimate of drug-likeness (QED) is 0.908. The molecule has 0 atom stereocenters. The van der Waals surface area contributed by atoms with Gasteiger partial charge in [-0.25, -0.2) is 9.97 Å². The van der Waals surface area contributed by atoms with Gasteiger partial charge in [0.05, 0.1) is 11.6 Å². The molecule has 5 nitrogen and oxygen atoms in total. The molecule has 0 saturated heterocycles. The van der Waals surface area contributed by atoms with Gasteiger partial charge in [-0.05, 0) is 31.5 Å². The molecule has 0 fully saturated rings. The molecule has 1 aromatic carbocycles. The molecule has 0 aliphatic carbocycles. The summed E-state index contributed by atoms with van der Waals surface area (Å²) in [4.78, 5) is 8.13. The molecule has 19 heavy (non-hydrogen) atoms. The van der Waals surface area contributed by atoms with Crippen LogP contribution in [0.3, 0.4) is 0 Å². The third kappa shape index (κ3) is 3.19. The number of aromatic nitrogens is 2. The van der Waals surface area contributed by atoms with Crippen LogP contribution >= 0.6 is 0 Å². The van der Waals surface area contributed by atoms with Gasteiger partial charge in [0.15, 0.2) is 0 Å². The van der Waals surface area contributed by atoms with Gasteiger partial charge in [-0.3, -0.25) is 0 Å². The lowest BCUT2D eigenvalue weighted by Crippen LogP contribution is -2.00. The highest BCUT2D eigenvalue weighted by Gasteiger charge is 2.05. The monoisotopic (exact) mass is 254 g/mol. The number of rotatable bonds is 4. The molecule has 0 saturated carbocycles. The zero-order valence-corrected chi connectivity index (χ0v) is 10.8. The topological polar surface area (TPSA) is 70.8 Å². The first-order chi connectivity index (χ1) is 9.22. The summed E-state index contributed by atoms with van der Waals surface area (Å²) < 4.78 is 5.70. The van der Waals surface area contributed by atoms with Crippen molar-refractivity contribution in [1.29, 1.82) is 5.26 Å². The predicted molar refractivity (Wildman–Crippen MR) is 72.2 cm³/mol. The van der Waals surface area contributed by atoms with Gasteiger partial charge in [-0.1, -0.05) is 6.07 Å². The van der Waals surface area contributed by atoms with E-state index in [9.17, 15) is 0 Å². The van der Waals surface area contributed by atoms with Crippen LogP contribution < -0.4 is 10.1 Å². The van der Waals surface area contributed by atoms with Crippen LogP contribution in [0.1, 0.15) is 18.1 Å². The number of hydrogen-bond acceptors (Lipinski definition) is 5. The minimum Gasteiger partial charge on any atom is -0.439 e. The fraction of sp³-hybridized carbons (Fsp3) is 0.214. The Morgan fingerprint density at radius 2 is 2.16 bits per heavy atom. The van der Waals surface area contributed by atoms with Crippen LogP contribution in [0.2, 0.25) is 0 Å². The Hall–Kier alpha value is -2.61. The molecule has 2 rings (SSSR count). The van der Waals surface area contributed by atoms with Crippen LogP contribution in [0.5, 0.6) is 11.6 Å². The fourth-order valence-corrected chi connectivity index (χ4v) is 1.57. The summed E-state index contributed by atoms with van der Waals surface area (Å²) in [5.74, 6) is 1.78. The standard InChI is InChI=1S/C14H14N4O/c1-3-16-13-7-14(18-9-17-13)19-12-6-11(8-15)5-4-10(12)2/h4-7,9H,3H2,1-2H3,(H,16,17,18). The van der Waals surface area contributed by atoms with Gasteiger partial charge >= 0.3 is 0 Å². The number of anilines is 1. The number of hydrogen-bond donors (Lipinski definition) is 1. The molecule has 0 spiro atoms. The first-order valence-corrected chi connectivity index (χ1v) is 5.97. The largest absolute Gasteiger partial charge is 0.439 e. The maximum Gasteiger partial charge on any atom is 0.224 e. The lowest BCUT2D eigenvalue weighted by molar-refractivity contribution is 0.458. The maximum absolute atomic E-state index is 8.89. The summed E-state index contributed by atoms with van der Waals surface area (Å²) in [5.41, 5.74) is 1.50. The third-order valence-corrected chi connectivity index (χ3v) is 2.53. The molecule has 2 aromatic rings. The lowest BCUT2D eigenvalue weighted by Gasteiger charge is -2.09. The van der Waals surface area contributed by atoms with E-state index in [4.69, 9.17) is 10.00 Å². The summed E-state index contributed by atoms with van der Waals surface area (Å²) in [5, 5.41) is 12.0. The van der Waals surface area contributed by atoms with E-state index < -0.39 is 0 Å². The van der Waals surface area contributed by atoms with Crippen molar-refractivity contribution in [1.82, 2.24) is 9.97 Å². The first kappa shape index (κ1) is 12.8. The van der Waals surface area contributed by atoms with Crippen LogP contribution in [0.25, 0.3) is 0 Å². The SMILES string of the molecule is CCNc1cc(Oc2cc(C#N)ccc2C)ncn1. The van der Waals surface area contributed by atoms with E-state index in [0.29, 0.717) is 23.0 Å². The molecule has 1 heterocycles. The highest BCUT2D eigenvalue weighted by atomic mass is 16.5. The van der Waals surface area contributed by atoms with Gasteiger partial charge < -0.3 is 10.1 Å². The Morgan fingerprint density at radius 3 is 2.89 bits per heavy atom. The van der Waals surface area contributed by atoms with Crippen LogP contribution in [-0.4, -0.2) is 16.5 Å². The van der Waals surface area contributed by atoms with Gasteiger partial charge in [0.1, 0.15) is 17.9 Å². The molecule has 1 N–H and O–H groups in total. The van der Waals surface area contributed by atoms with Crippen LogP contribution in [0.15, 0.2) is 30.6 Å². The van der Waals surface area contributed by atoms with E-state index in [1.807, 2.05) is 19.9 Å². The molecule has 0 bridgehead atoms. The molecule has 5 heteroatoms. The number of benzene rings is 1. The summed E-state index contributed by atoms with van der Waals surface area (Å²) >= 11 is 0. The molecule has 0 radical (unpaired) electrons. The molecular weight excluding hydrogens is 240 g/mol. The summed E-state index contributed by atoms with van der Waals surface area (Å²) in [6.45, 7) is 4.69. The second-order valence-electron chi connectivity index (χ2n) is 3.97. The number of aryl methyl sites for hydroxylation is 1. The minimum absolute atomic E-state index is 0.448. The molecule has 1 aromatic heterocycles. The van der Waals surface area contributed by atoms with Crippen molar-refractivity contribution in [3.8, 4) is 17.7 Å². The van der Waals surface area contributed by atoms with Crippen LogP contribution in [0, 0.1) is 18.3 Å². The summed E-state index contributed by atoms with van der Waals surface area (Å²) in [6.07, 6.45) is 1.44. The van der Waals surface area contributed by atoms with Crippen molar-refractivity contribution in [2.75, 3.05) is 11.9 Å². The summed E-state index contributed by atoms with van der Waals surface area (Å²) in [6, 6.07) is 9.11. The average molecular weight is 254 g/mol. The van der Waals surface area contributed by atoms with E-state index in [0.717, 1.165) is 12.1 Å². The number of nitriles is 1. The molecule has 0 aliphatic rings. The minimum atomic E-state index is 0.448. The van der Waals surface area contributed by atoms with E-state index in [1.54, 1.807) is 18.2 Å². The van der Waals surface area contributed by atoms with Gasteiger partial charge in [0.2, 0.25) is 5.88 Å². The Kier molecular flexibility index (Phi) is 3.94. The maximum atomic E-state index is 8.89. The van der Waals surface area contributed by atoms with Crippen molar-refractivity contribution in [3.63, 3.8) is 0 Å². The lowest BCUT2D eigenvalue weighted by atomic mass is 10.1.